The summed E-state index contributed by atoms with van der Waals surface area (Å²) < 4.78 is 36.2. The van der Waals surface area contributed by atoms with Crippen molar-refractivity contribution in [2.75, 3.05) is 12.4 Å². The van der Waals surface area contributed by atoms with E-state index >= 15 is 0 Å². The summed E-state index contributed by atoms with van der Waals surface area (Å²) in [6, 6.07) is 3.26. The molecule has 1 N–H and O–H groups in total. The van der Waals surface area contributed by atoms with Gasteiger partial charge in [-0.3, -0.25) is 4.79 Å². The van der Waals surface area contributed by atoms with Crippen molar-refractivity contribution in [1.29, 1.82) is 0 Å². The summed E-state index contributed by atoms with van der Waals surface area (Å²) in [6.45, 7) is 5.67. The van der Waals surface area contributed by atoms with E-state index in [2.05, 4.69) is 20.5 Å². The summed E-state index contributed by atoms with van der Waals surface area (Å²) in [5.41, 5.74) is 4.36. The first-order valence-corrected chi connectivity index (χ1v) is 10.8. The molecule has 3 aromatic heterocycles. The van der Waals surface area contributed by atoms with Gasteiger partial charge in [-0.15, -0.1) is 5.10 Å². The van der Waals surface area contributed by atoms with Crippen molar-refractivity contribution in [2.24, 2.45) is 7.05 Å². The number of ether oxygens (including phenoxy) is 1. The number of amides is 1. The Kier molecular flexibility index (Phi) is 6.32. The highest BCUT2D eigenvalue weighted by Gasteiger charge is 2.19. The molecule has 0 aliphatic heterocycles. The van der Waals surface area contributed by atoms with Crippen LogP contribution in [0.1, 0.15) is 34.4 Å². The third kappa shape index (κ3) is 4.35. The topological polar surface area (TPSA) is 86.9 Å². The van der Waals surface area contributed by atoms with Gasteiger partial charge in [0.05, 0.1) is 25.2 Å². The minimum Gasteiger partial charge on any atom is -0.479 e. The van der Waals surface area contributed by atoms with Crippen molar-refractivity contribution >= 4 is 22.8 Å². The molecule has 8 nitrogen and oxygen atoms in total. The zero-order chi connectivity index (χ0) is 24.6. The molecule has 10 heteroatoms. The average molecular weight is 469 g/mol. The Hall–Kier alpha value is -3.82. The molecule has 1 aromatic carbocycles. The first kappa shape index (κ1) is 23.3. The van der Waals surface area contributed by atoms with Crippen LogP contribution < -0.4 is 10.1 Å². The van der Waals surface area contributed by atoms with Gasteiger partial charge in [0.15, 0.2) is 5.65 Å². The summed E-state index contributed by atoms with van der Waals surface area (Å²) in [7, 11) is 3.38. The Morgan fingerprint density at radius 2 is 1.97 bits per heavy atom. The maximum absolute atomic E-state index is 14.1. The number of carbonyl (C=O) groups excluding carboxylic acids is 1. The number of aromatic nitrogens is 5. The van der Waals surface area contributed by atoms with Crippen molar-refractivity contribution in [2.45, 2.75) is 40.2 Å². The first-order valence-electron chi connectivity index (χ1n) is 10.8. The Balaban J connectivity index is 1.52. The largest absolute Gasteiger partial charge is 0.479 e. The molecule has 0 aliphatic rings. The molecule has 4 rings (SSSR count). The predicted molar refractivity (Wildman–Crippen MR) is 124 cm³/mol. The summed E-state index contributed by atoms with van der Waals surface area (Å²) in [5, 5.41) is 12.3. The number of carbonyl (C=O) groups is 1. The number of hydrogen-bond acceptors (Lipinski definition) is 5. The highest BCUT2D eigenvalue weighted by Crippen LogP contribution is 2.30. The van der Waals surface area contributed by atoms with Gasteiger partial charge >= 0.3 is 0 Å². The van der Waals surface area contributed by atoms with E-state index in [0.717, 1.165) is 51.6 Å². The lowest BCUT2D eigenvalue weighted by Crippen LogP contribution is -2.18. The van der Waals surface area contributed by atoms with E-state index < -0.39 is 11.6 Å². The predicted octanol–water partition coefficient (Wildman–Crippen LogP) is 4.00. The highest BCUT2D eigenvalue weighted by molar-refractivity contribution is 5.91. The summed E-state index contributed by atoms with van der Waals surface area (Å²) >= 11 is 0. The molecule has 1 amide bonds. The lowest BCUT2D eigenvalue weighted by Gasteiger charge is -2.13. The van der Waals surface area contributed by atoms with Gasteiger partial charge in [0.25, 0.3) is 0 Å². The van der Waals surface area contributed by atoms with Gasteiger partial charge < -0.3 is 10.1 Å². The second-order valence-electron chi connectivity index (χ2n) is 8.25. The molecule has 0 saturated heterocycles. The van der Waals surface area contributed by atoms with Crippen LogP contribution in [0.15, 0.2) is 24.4 Å². The summed E-state index contributed by atoms with van der Waals surface area (Å²) in [5.74, 6) is -0.345. The van der Waals surface area contributed by atoms with E-state index in [0.29, 0.717) is 18.1 Å². The van der Waals surface area contributed by atoms with Gasteiger partial charge in [-0.05, 0) is 56.5 Å². The van der Waals surface area contributed by atoms with Crippen molar-refractivity contribution < 1.29 is 18.3 Å². The van der Waals surface area contributed by atoms with E-state index in [-0.39, 0.29) is 24.4 Å². The SMILES string of the molecule is COc1nn(C)c2nc(C)c(CCC(=O)Nc3c(C)cnn3Cc3cc(F)ccc3F)c(C)c12. The van der Waals surface area contributed by atoms with Crippen LogP contribution in [0.2, 0.25) is 0 Å². The molecular formula is C24H26F2N6O2. The van der Waals surface area contributed by atoms with Gasteiger partial charge in [-0.25, -0.2) is 23.1 Å². The van der Waals surface area contributed by atoms with E-state index in [1.54, 1.807) is 24.9 Å². The molecule has 0 unspecified atom stereocenters. The molecule has 0 atom stereocenters. The molecule has 34 heavy (non-hydrogen) atoms. The van der Waals surface area contributed by atoms with Crippen LogP contribution in [0.5, 0.6) is 5.88 Å². The number of nitrogens with one attached hydrogen (secondary N) is 1. The van der Waals surface area contributed by atoms with E-state index in [1.165, 1.54) is 4.68 Å². The monoisotopic (exact) mass is 468 g/mol. The lowest BCUT2D eigenvalue weighted by atomic mass is 10.00. The minimum absolute atomic E-state index is 0.00729. The molecule has 0 saturated carbocycles. The number of rotatable bonds is 7. The number of halogens is 2. The van der Waals surface area contributed by atoms with Gasteiger partial charge in [0.1, 0.15) is 17.5 Å². The molecule has 0 radical (unpaired) electrons. The number of pyridine rings is 1. The van der Waals surface area contributed by atoms with E-state index in [4.69, 9.17) is 4.74 Å². The molecule has 0 aliphatic carbocycles. The first-order chi connectivity index (χ1) is 16.2. The number of fused-ring (bicyclic) bond motifs is 1. The Bertz CT molecular complexity index is 1390. The van der Waals surface area contributed by atoms with Crippen LogP contribution in [0, 0.1) is 32.4 Å². The maximum Gasteiger partial charge on any atom is 0.242 e. The van der Waals surface area contributed by atoms with Crippen LogP contribution in [0.4, 0.5) is 14.6 Å². The second kappa shape index (κ2) is 9.20. The van der Waals surface area contributed by atoms with Crippen molar-refractivity contribution in [3.8, 4) is 5.88 Å². The molecule has 0 bridgehead atoms. The third-order valence-corrected chi connectivity index (χ3v) is 5.93. The summed E-state index contributed by atoms with van der Waals surface area (Å²) in [4.78, 5) is 17.5. The van der Waals surface area contributed by atoms with Gasteiger partial charge in [-0.1, -0.05) is 0 Å². The number of anilines is 1. The van der Waals surface area contributed by atoms with Crippen LogP contribution in [-0.4, -0.2) is 37.6 Å². The highest BCUT2D eigenvalue weighted by atomic mass is 19.1. The van der Waals surface area contributed by atoms with Gasteiger partial charge in [0.2, 0.25) is 11.8 Å². The molecule has 0 fully saturated rings. The van der Waals surface area contributed by atoms with Gasteiger partial charge in [0, 0.05) is 30.3 Å². The number of aryl methyl sites for hydroxylation is 4. The van der Waals surface area contributed by atoms with Crippen molar-refractivity contribution in [3.63, 3.8) is 0 Å². The molecule has 3 heterocycles. The number of methoxy groups -OCH3 is 1. The number of nitrogens with zero attached hydrogens (tertiary/aromatic N) is 5. The van der Waals surface area contributed by atoms with Crippen molar-refractivity contribution in [1.82, 2.24) is 24.5 Å². The van der Waals surface area contributed by atoms with E-state index in [9.17, 15) is 13.6 Å². The fourth-order valence-electron chi connectivity index (χ4n) is 4.13. The summed E-state index contributed by atoms with van der Waals surface area (Å²) in [6.07, 6.45) is 2.25. The van der Waals surface area contributed by atoms with Crippen molar-refractivity contribution in [3.05, 3.63) is 64.0 Å². The normalized spacial score (nSPS) is 11.3. The van der Waals surface area contributed by atoms with Crippen LogP contribution in [0.25, 0.3) is 11.0 Å². The zero-order valence-electron chi connectivity index (χ0n) is 19.7. The second-order valence-corrected chi connectivity index (χ2v) is 8.25. The fraction of sp³-hybridized carbons (Fsp3) is 0.333. The standard InChI is InChI=1S/C24H26F2N6O2/c1-13-11-27-32(12-16-10-17(25)6-8-19(16)26)22(13)29-20(33)9-7-18-14(2)21-23(28-15(18)3)31(4)30-24(21)34-5/h6,8,10-11H,7,9,12H2,1-5H3,(H,29,33). The number of benzene rings is 1. The Morgan fingerprint density at radius 3 is 2.71 bits per heavy atom. The maximum atomic E-state index is 14.1. The van der Waals surface area contributed by atoms with Gasteiger partial charge in [-0.2, -0.15) is 5.10 Å². The third-order valence-electron chi connectivity index (χ3n) is 5.93. The number of hydrogen-bond donors (Lipinski definition) is 1. The van der Waals surface area contributed by atoms with Crippen LogP contribution in [-0.2, 0) is 24.8 Å². The minimum atomic E-state index is -0.536. The lowest BCUT2D eigenvalue weighted by molar-refractivity contribution is -0.116. The quantitative estimate of drug-likeness (QED) is 0.443. The zero-order valence-corrected chi connectivity index (χ0v) is 19.7. The average Bonchev–Trinajstić information content (AvgIpc) is 3.30. The van der Waals surface area contributed by atoms with Crippen LogP contribution in [0.3, 0.4) is 0 Å². The fourth-order valence-corrected chi connectivity index (χ4v) is 4.13. The Morgan fingerprint density at radius 1 is 1.21 bits per heavy atom. The molecular weight excluding hydrogens is 442 g/mol. The molecule has 178 valence electrons. The van der Waals surface area contributed by atoms with Crippen LogP contribution >= 0.6 is 0 Å². The smallest absolute Gasteiger partial charge is 0.242 e. The van der Waals surface area contributed by atoms with E-state index in [1.807, 2.05) is 20.9 Å². The Labute approximate surface area is 195 Å². The molecule has 4 aromatic rings. The molecule has 0 spiro atoms.